The van der Waals surface area contributed by atoms with Crippen LogP contribution in [0.4, 0.5) is 0 Å². The first-order valence-electron chi connectivity index (χ1n) is 4.45. The molecule has 13 heavy (non-hydrogen) atoms. The lowest BCUT2D eigenvalue weighted by Crippen LogP contribution is -2.23. The SMILES string of the molecule is C=C1C(=O)C=C[C@H]1COC(C)(C)C. The van der Waals surface area contributed by atoms with Gasteiger partial charge in [-0.25, -0.2) is 0 Å². The van der Waals surface area contributed by atoms with Gasteiger partial charge in [0, 0.05) is 11.5 Å². The maximum Gasteiger partial charge on any atom is 0.181 e. The molecule has 72 valence electrons. The summed E-state index contributed by atoms with van der Waals surface area (Å²) < 4.78 is 5.57. The Morgan fingerprint density at radius 3 is 2.54 bits per heavy atom. The molecule has 0 fully saturated rings. The van der Waals surface area contributed by atoms with Crippen LogP contribution in [-0.2, 0) is 9.53 Å². The van der Waals surface area contributed by atoms with Crippen LogP contribution in [0, 0.1) is 5.92 Å². The summed E-state index contributed by atoms with van der Waals surface area (Å²) in [5, 5.41) is 0. The van der Waals surface area contributed by atoms with Crippen molar-refractivity contribution in [3.05, 3.63) is 24.3 Å². The number of allylic oxidation sites excluding steroid dienone is 1. The molecule has 0 aromatic heterocycles. The van der Waals surface area contributed by atoms with Crippen LogP contribution in [0.2, 0.25) is 0 Å². The second-order valence-corrected chi connectivity index (χ2v) is 4.28. The minimum Gasteiger partial charge on any atom is -0.375 e. The third kappa shape index (κ3) is 2.81. The average Bonchev–Trinajstić information content (AvgIpc) is 2.29. The van der Waals surface area contributed by atoms with E-state index in [0.29, 0.717) is 12.2 Å². The van der Waals surface area contributed by atoms with Crippen molar-refractivity contribution in [2.24, 2.45) is 5.92 Å². The van der Waals surface area contributed by atoms with Crippen LogP contribution < -0.4 is 0 Å². The van der Waals surface area contributed by atoms with Crippen LogP contribution in [0.15, 0.2) is 24.3 Å². The largest absolute Gasteiger partial charge is 0.375 e. The van der Waals surface area contributed by atoms with Crippen molar-refractivity contribution >= 4 is 5.78 Å². The molecule has 0 unspecified atom stereocenters. The number of ketones is 1. The molecule has 1 aliphatic carbocycles. The van der Waals surface area contributed by atoms with E-state index in [1.165, 1.54) is 0 Å². The monoisotopic (exact) mass is 180 g/mol. The Labute approximate surface area is 79.3 Å². The van der Waals surface area contributed by atoms with E-state index >= 15 is 0 Å². The van der Waals surface area contributed by atoms with E-state index in [1.807, 2.05) is 26.8 Å². The Balaban J connectivity index is 2.44. The summed E-state index contributed by atoms with van der Waals surface area (Å²) >= 11 is 0. The molecule has 1 atom stereocenters. The molecule has 2 nitrogen and oxygen atoms in total. The zero-order valence-corrected chi connectivity index (χ0v) is 8.46. The minimum atomic E-state index is -0.153. The number of rotatable bonds is 2. The lowest BCUT2D eigenvalue weighted by atomic mass is 10.0. The minimum absolute atomic E-state index is 0.0301. The molecule has 2 heteroatoms. The summed E-state index contributed by atoms with van der Waals surface area (Å²) in [6.45, 7) is 10.3. The molecule has 1 rings (SSSR count). The van der Waals surface area contributed by atoms with E-state index in [4.69, 9.17) is 4.74 Å². The van der Waals surface area contributed by atoms with Gasteiger partial charge in [0.05, 0.1) is 12.2 Å². The van der Waals surface area contributed by atoms with Gasteiger partial charge in [-0.15, -0.1) is 0 Å². The number of hydrogen-bond donors (Lipinski definition) is 0. The standard InChI is InChI=1S/C11H16O2/c1-8-9(5-6-10(8)12)7-13-11(2,3)4/h5-6,9H,1,7H2,2-4H3/t9-/m0/s1. The first-order valence-corrected chi connectivity index (χ1v) is 4.45. The zero-order valence-electron chi connectivity index (χ0n) is 8.46. The molecule has 0 aliphatic heterocycles. The van der Waals surface area contributed by atoms with Gasteiger partial charge in [0.25, 0.3) is 0 Å². The Morgan fingerprint density at radius 1 is 1.54 bits per heavy atom. The Hall–Kier alpha value is -0.890. The van der Waals surface area contributed by atoms with Crippen LogP contribution in [0.5, 0.6) is 0 Å². The van der Waals surface area contributed by atoms with Gasteiger partial charge in [-0.3, -0.25) is 4.79 Å². The van der Waals surface area contributed by atoms with Gasteiger partial charge < -0.3 is 4.74 Å². The fourth-order valence-corrected chi connectivity index (χ4v) is 1.11. The molecule has 0 saturated heterocycles. The third-order valence-electron chi connectivity index (χ3n) is 1.94. The Morgan fingerprint density at radius 2 is 2.15 bits per heavy atom. The highest BCUT2D eigenvalue weighted by molar-refractivity contribution is 6.06. The molecule has 0 bridgehead atoms. The van der Waals surface area contributed by atoms with Gasteiger partial charge in [-0.1, -0.05) is 12.7 Å². The fourth-order valence-electron chi connectivity index (χ4n) is 1.11. The molecule has 0 spiro atoms. The summed E-state index contributed by atoms with van der Waals surface area (Å²) in [5.74, 6) is 0.106. The highest BCUT2D eigenvalue weighted by Gasteiger charge is 2.22. The maximum atomic E-state index is 11.1. The summed E-state index contributed by atoms with van der Waals surface area (Å²) in [6.07, 6.45) is 3.43. The molecular weight excluding hydrogens is 164 g/mol. The predicted molar refractivity (Wildman–Crippen MR) is 52.5 cm³/mol. The summed E-state index contributed by atoms with van der Waals surface area (Å²) in [5.41, 5.74) is 0.490. The van der Waals surface area contributed by atoms with E-state index in [0.717, 1.165) is 0 Å². The van der Waals surface area contributed by atoms with Crippen molar-refractivity contribution in [2.45, 2.75) is 26.4 Å². The average molecular weight is 180 g/mol. The summed E-state index contributed by atoms with van der Waals surface area (Å²) in [4.78, 5) is 11.1. The van der Waals surface area contributed by atoms with Gasteiger partial charge >= 0.3 is 0 Å². The first kappa shape index (κ1) is 10.2. The number of hydrogen-bond acceptors (Lipinski definition) is 2. The van der Waals surface area contributed by atoms with Crippen molar-refractivity contribution in [3.63, 3.8) is 0 Å². The predicted octanol–water partition coefficient (Wildman–Crippen LogP) is 2.11. The van der Waals surface area contributed by atoms with Gasteiger partial charge in [-0.2, -0.15) is 0 Å². The molecular formula is C11H16O2. The van der Waals surface area contributed by atoms with Crippen molar-refractivity contribution in [3.8, 4) is 0 Å². The van der Waals surface area contributed by atoms with E-state index in [-0.39, 0.29) is 17.3 Å². The van der Waals surface area contributed by atoms with Crippen LogP contribution in [0.1, 0.15) is 20.8 Å². The number of ether oxygens (including phenoxy) is 1. The first-order chi connectivity index (χ1) is 5.90. The van der Waals surface area contributed by atoms with Crippen molar-refractivity contribution < 1.29 is 9.53 Å². The Kier molecular flexibility index (Phi) is 2.71. The summed E-state index contributed by atoms with van der Waals surface area (Å²) in [7, 11) is 0. The molecule has 0 heterocycles. The molecule has 0 radical (unpaired) electrons. The van der Waals surface area contributed by atoms with Gasteiger partial charge in [0.1, 0.15) is 0 Å². The second kappa shape index (κ2) is 3.46. The summed E-state index contributed by atoms with van der Waals surface area (Å²) in [6, 6.07) is 0. The van der Waals surface area contributed by atoms with Crippen molar-refractivity contribution in [2.75, 3.05) is 6.61 Å². The van der Waals surface area contributed by atoms with Crippen LogP contribution in [-0.4, -0.2) is 18.0 Å². The van der Waals surface area contributed by atoms with Gasteiger partial charge in [0.2, 0.25) is 0 Å². The van der Waals surface area contributed by atoms with Gasteiger partial charge in [0.15, 0.2) is 5.78 Å². The third-order valence-corrected chi connectivity index (χ3v) is 1.94. The van der Waals surface area contributed by atoms with E-state index in [9.17, 15) is 4.79 Å². The van der Waals surface area contributed by atoms with Crippen LogP contribution in [0.25, 0.3) is 0 Å². The van der Waals surface area contributed by atoms with Crippen LogP contribution in [0.3, 0.4) is 0 Å². The highest BCUT2D eigenvalue weighted by Crippen LogP contribution is 2.21. The van der Waals surface area contributed by atoms with E-state index in [1.54, 1.807) is 6.08 Å². The normalized spacial score (nSPS) is 22.8. The second-order valence-electron chi connectivity index (χ2n) is 4.28. The maximum absolute atomic E-state index is 11.1. The quantitative estimate of drug-likeness (QED) is 0.608. The Bertz CT molecular complexity index is 256. The van der Waals surface area contributed by atoms with E-state index < -0.39 is 0 Å². The fraction of sp³-hybridized carbons (Fsp3) is 0.545. The topological polar surface area (TPSA) is 26.3 Å². The van der Waals surface area contributed by atoms with Gasteiger partial charge in [-0.05, 0) is 26.8 Å². The smallest absolute Gasteiger partial charge is 0.181 e. The molecule has 0 saturated carbocycles. The van der Waals surface area contributed by atoms with Crippen molar-refractivity contribution in [1.82, 2.24) is 0 Å². The molecule has 0 amide bonds. The highest BCUT2D eigenvalue weighted by atomic mass is 16.5. The lowest BCUT2D eigenvalue weighted by molar-refractivity contribution is -0.111. The van der Waals surface area contributed by atoms with Crippen molar-refractivity contribution in [1.29, 1.82) is 0 Å². The molecule has 1 aliphatic rings. The zero-order chi connectivity index (χ0) is 10.1. The number of carbonyl (C=O) groups excluding carboxylic acids is 1. The molecule has 0 N–H and O–H groups in total. The lowest BCUT2D eigenvalue weighted by Gasteiger charge is -2.21. The van der Waals surface area contributed by atoms with Crippen LogP contribution >= 0.6 is 0 Å². The molecule has 0 aromatic carbocycles. The number of carbonyl (C=O) groups is 1. The van der Waals surface area contributed by atoms with E-state index in [2.05, 4.69) is 6.58 Å². The molecule has 0 aromatic rings.